The number of rotatable bonds is 4. The fourth-order valence-corrected chi connectivity index (χ4v) is 1.71. The number of aromatic nitrogens is 2. The van der Waals surface area contributed by atoms with Crippen molar-refractivity contribution < 1.29 is 14.6 Å². The average Bonchev–Trinajstić information content (AvgIpc) is 2.88. The molecule has 1 N–H and O–H groups in total. The molecule has 0 saturated carbocycles. The van der Waals surface area contributed by atoms with E-state index in [-0.39, 0.29) is 11.7 Å². The highest BCUT2D eigenvalue weighted by molar-refractivity contribution is 5.84. The molecular weight excluding hydrogens is 232 g/mol. The molecule has 0 radical (unpaired) electrons. The molecule has 1 aromatic carbocycles. The fraction of sp³-hybridized carbons (Fsp3) is 0.231. The van der Waals surface area contributed by atoms with E-state index in [0.717, 1.165) is 11.3 Å². The molecule has 0 amide bonds. The number of carboxylic acids is 1. The molecule has 2 aromatic rings. The van der Waals surface area contributed by atoms with Crippen molar-refractivity contribution in [1.29, 1.82) is 0 Å². The summed E-state index contributed by atoms with van der Waals surface area (Å²) < 4.78 is 6.86. The number of carbonyl (C=O) groups is 1. The van der Waals surface area contributed by atoms with E-state index < -0.39 is 5.97 Å². The molecule has 0 fully saturated rings. The van der Waals surface area contributed by atoms with Gasteiger partial charge in [0.15, 0.2) is 5.69 Å². The highest BCUT2D eigenvalue weighted by Crippen LogP contribution is 2.20. The van der Waals surface area contributed by atoms with Crippen LogP contribution in [0.3, 0.4) is 0 Å². The molecule has 0 bridgehead atoms. The summed E-state index contributed by atoms with van der Waals surface area (Å²) in [7, 11) is 1.62. The first-order valence-corrected chi connectivity index (χ1v) is 5.52. The predicted octanol–water partition coefficient (Wildman–Crippen LogP) is 2.20. The number of methoxy groups -OCH3 is 1. The van der Waals surface area contributed by atoms with Gasteiger partial charge in [-0.05, 0) is 24.6 Å². The van der Waals surface area contributed by atoms with Crippen LogP contribution in [0, 0.1) is 0 Å². The van der Waals surface area contributed by atoms with Gasteiger partial charge in [-0.2, -0.15) is 0 Å². The lowest BCUT2D eigenvalue weighted by molar-refractivity contribution is 0.0691. The Labute approximate surface area is 105 Å². The second kappa shape index (κ2) is 4.91. The molecule has 1 heterocycles. The summed E-state index contributed by atoms with van der Waals surface area (Å²) in [5.74, 6) is -0.224. The molecule has 0 aliphatic carbocycles. The Bertz CT molecular complexity index is 546. The van der Waals surface area contributed by atoms with Gasteiger partial charge in [0.2, 0.25) is 0 Å². The number of imidazole rings is 1. The Morgan fingerprint density at radius 2 is 2.06 bits per heavy atom. The lowest BCUT2D eigenvalue weighted by Gasteiger charge is -2.13. The third-order valence-corrected chi connectivity index (χ3v) is 2.87. The highest BCUT2D eigenvalue weighted by Gasteiger charge is 2.12. The van der Waals surface area contributed by atoms with Crippen LogP contribution in [0.1, 0.15) is 29.0 Å². The minimum Gasteiger partial charge on any atom is -0.497 e. The minimum atomic E-state index is -1.02. The van der Waals surface area contributed by atoms with Crippen LogP contribution in [-0.4, -0.2) is 27.7 Å². The Morgan fingerprint density at radius 3 is 2.56 bits per heavy atom. The summed E-state index contributed by atoms with van der Waals surface area (Å²) in [6.45, 7) is 1.98. The standard InChI is InChI=1S/C13H14N2O3/c1-9(10-3-5-11(18-2)6-4-10)15-7-12(13(16)17)14-8-15/h3-9H,1-2H3,(H,16,17). The van der Waals surface area contributed by atoms with Crippen LogP contribution >= 0.6 is 0 Å². The second-order valence-electron chi connectivity index (χ2n) is 3.96. The summed E-state index contributed by atoms with van der Waals surface area (Å²) in [5, 5.41) is 8.83. The second-order valence-corrected chi connectivity index (χ2v) is 3.96. The van der Waals surface area contributed by atoms with Crippen LogP contribution in [0.15, 0.2) is 36.8 Å². The molecular formula is C13H14N2O3. The normalized spacial score (nSPS) is 12.1. The number of nitrogens with zero attached hydrogens (tertiary/aromatic N) is 2. The van der Waals surface area contributed by atoms with Crippen LogP contribution in [0.5, 0.6) is 5.75 Å². The molecule has 1 aromatic heterocycles. The van der Waals surface area contributed by atoms with E-state index >= 15 is 0 Å². The van der Waals surface area contributed by atoms with Gasteiger partial charge in [0.25, 0.3) is 0 Å². The van der Waals surface area contributed by atoms with E-state index in [1.165, 1.54) is 12.5 Å². The lowest BCUT2D eigenvalue weighted by Crippen LogP contribution is -2.04. The van der Waals surface area contributed by atoms with Crippen molar-refractivity contribution in [3.8, 4) is 5.75 Å². The molecule has 18 heavy (non-hydrogen) atoms. The first-order valence-electron chi connectivity index (χ1n) is 5.52. The zero-order chi connectivity index (χ0) is 13.1. The van der Waals surface area contributed by atoms with Crippen molar-refractivity contribution in [3.05, 3.63) is 48.0 Å². The van der Waals surface area contributed by atoms with E-state index in [2.05, 4.69) is 4.98 Å². The predicted molar refractivity (Wildman–Crippen MR) is 66.0 cm³/mol. The van der Waals surface area contributed by atoms with E-state index in [4.69, 9.17) is 9.84 Å². The quantitative estimate of drug-likeness (QED) is 0.898. The van der Waals surface area contributed by atoms with Crippen LogP contribution in [0.25, 0.3) is 0 Å². The zero-order valence-corrected chi connectivity index (χ0v) is 10.2. The van der Waals surface area contributed by atoms with Gasteiger partial charge in [0, 0.05) is 6.20 Å². The molecule has 94 valence electrons. The smallest absolute Gasteiger partial charge is 0.356 e. The summed E-state index contributed by atoms with van der Waals surface area (Å²) in [6, 6.07) is 7.67. The molecule has 5 nitrogen and oxygen atoms in total. The number of ether oxygens (including phenoxy) is 1. The van der Waals surface area contributed by atoms with Crippen molar-refractivity contribution >= 4 is 5.97 Å². The molecule has 1 unspecified atom stereocenters. The number of aromatic carboxylic acids is 1. The van der Waals surface area contributed by atoms with E-state index in [1.54, 1.807) is 11.7 Å². The average molecular weight is 246 g/mol. The van der Waals surface area contributed by atoms with Gasteiger partial charge >= 0.3 is 5.97 Å². The van der Waals surface area contributed by atoms with Crippen molar-refractivity contribution in [1.82, 2.24) is 9.55 Å². The van der Waals surface area contributed by atoms with Crippen molar-refractivity contribution in [2.24, 2.45) is 0 Å². The van der Waals surface area contributed by atoms with Gasteiger partial charge in [-0.15, -0.1) is 0 Å². The number of hydrogen-bond donors (Lipinski definition) is 1. The first kappa shape index (κ1) is 12.2. The topological polar surface area (TPSA) is 64.4 Å². The van der Waals surface area contributed by atoms with Gasteiger partial charge in [-0.25, -0.2) is 9.78 Å². The summed E-state index contributed by atoms with van der Waals surface area (Å²) in [6.07, 6.45) is 3.05. The van der Waals surface area contributed by atoms with Gasteiger partial charge in [0.1, 0.15) is 5.75 Å². The molecule has 5 heteroatoms. The zero-order valence-electron chi connectivity index (χ0n) is 10.2. The minimum absolute atomic E-state index is 0.0245. The third kappa shape index (κ3) is 2.34. The summed E-state index contributed by atoms with van der Waals surface area (Å²) >= 11 is 0. The summed E-state index contributed by atoms with van der Waals surface area (Å²) in [5.41, 5.74) is 1.11. The molecule has 0 spiro atoms. The SMILES string of the molecule is COc1ccc(C(C)n2cnc(C(=O)O)c2)cc1. The van der Waals surface area contributed by atoms with Crippen molar-refractivity contribution in [2.75, 3.05) is 7.11 Å². The summed E-state index contributed by atoms with van der Waals surface area (Å²) in [4.78, 5) is 14.6. The Morgan fingerprint density at radius 1 is 1.39 bits per heavy atom. The Kier molecular flexibility index (Phi) is 3.32. The number of benzene rings is 1. The van der Waals surface area contributed by atoms with Gasteiger partial charge in [0.05, 0.1) is 19.5 Å². The van der Waals surface area contributed by atoms with Gasteiger partial charge in [-0.3, -0.25) is 0 Å². The third-order valence-electron chi connectivity index (χ3n) is 2.87. The molecule has 2 rings (SSSR count). The molecule has 0 saturated heterocycles. The van der Waals surface area contributed by atoms with E-state index in [1.807, 2.05) is 31.2 Å². The molecule has 1 atom stereocenters. The highest BCUT2D eigenvalue weighted by atomic mass is 16.5. The lowest BCUT2D eigenvalue weighted by atomic mass is 10.1. The fourth-order valence-electron chi connectivity index (χ4n) is 1.71. The maximum atomic E-state index is 10.8. The van der Waals surface area contributed by atoms with Crippen LogP contribution in [0.2, 0.25) is 0 Å². The number of carboxylic acid groups (broad SMARTS) is 1. The Balaban J connectivity index is 2.23. The maximum absolute atomic E-state index is 10.8. The van der Waals surface area contributed by atoms with E-state index in [0.29, 0.717) is 0 Å². The van der Waals surface area contributed by atoms with Crippen LogP contribution in [0.4, 0.5) is 0 Å². The number of hydrogen-bond acceptors (Lipinski definition) is 3. The monoisotopic (exact) mass is 246 g/mol. The molecule has 0 aliphatic rings. The van der Waals surface area contributed by atoms with Crippen LogP contribution in [-0.2, 0) is 0 Å². The van der Waals surface area contributed by atoms with Crippen molar-refractivity contribution in [2.45, 2.75) is 13.0 Å². The van der Waals surface area contributed by atoms with Crippen molar-refractivity contribution in [3.63, 3.8) is 0 Å². The molecule has 0 aliphatic heterocycles. The van der Waals surface area contributed by atoms with E-state index in [9.17, 15) is 4.79 Å². The largest absolute Gasteiger partial charge is 0.497 e. The van der Waals surface area contributed by atoms with Gasteiger partial charge in [-0.1, -0.05) is 12.1 Å². The first-order chi connectivity index (χ1) is 8.61. The maximum Gasteiger partial charge on any atom is 0.356 e. The van der Waals surface area contributed by atoms with Crippen LogP contribution < -0.4 is 4.74 Å². The Hall–Kier alpha value is -2.30. The van der Waals surface area contributed by atoms with Gasteiger partial charge < -0.3 is 14.4 Å².